The third-order valence-corrected chi connectivity index (χ3v) is 22.0. The molecule has 0 aliphatic carbocycles. The third kappa shape index (κ3) is 95.2. The Bertz CT molecular complexity index is 2930. The highest BCUT2D eigenvalue weighted by Gasteiger charge is 2.30. The predicted octanol–water partition coefficient (Wildman–Crippen LogP) is 30.0. The number of carbonyl (C=O) groups excluding carboxylic acids is 3. The van der Waals surface area contributed by atoms with Crippen molar-refractivity contribution in [1.29, 1.82) is 0 Å². The molecule has 0 rings (SSSR count). The van der Waals surface area contributed by atoms with E-state index in [9.17, 15) is 43.5 Å². The van der Waals surface area contributed by atoms with E-state index >= 15 is 0 Å². The van der Waals surface area contributed by atoms with E-state index in [-0.39, 0.29) is 19.3 Å². The molecule has 0 aliphatic heterocycles. The van der Waals surface area contributed by atoms with Crippen molar-refractivity contribution in [1.82, 2.24) is 0 Å². The Balaban J connectivity index is 4.58. The van der Waals surface area contributed by atoms with E-state index in [1.165, 1.54) is 154 Å². The van der Waals surface area contributed by atoms with Crippen LogP contribution in [0, 0.1) is 0 Å². The molecule has 692 valence electrons. The van der Waals surface area contributed by atoms with Gasteiger partial charge in [0.25, 0.3) is 0 Å². The number of hydrogen-bond donors (Lipinski definition) is 4. The SMILES string of the molecule is CC/C=C\C/C=C\C/C=C\C/C=C\C/C=C\C/C=C\CCCCCCCCC(=O)OCC(COP(=O)(O)OCC(O)COP(=O)(O)OCC(O)COC(=O)CCCCCCCCCCCCCCCCCCCCC/C=C\C/C=C\C/C=C\C/C=C\C/C=C\CC)OC(=O)CCCCCCCCCCC/C=C\C/C=C\C/C=C\C/C=C\CCCCC. The van der Waals surface area contributed by atoms with Gasteiger partial charge in [-0.1, -0.05) is 396 Å². The first-order valence-electron chi connectivity index (χ1n) is 48.1. The van der Waals surface area contributed by atoms with Crippen molar-refractivity contribution in [3.8, 4) is 0 Å². The van der Waals surface area contributed by atoms with Crippen LogP contribution >= 0.6 is 15.6 Å². The molecule has 0 saturated carbocycles. The van der Waals surface area contributed by atoms with Gasteiger partial charge in [-0.05, 0) is 161 Å². The third-order valence-electron chi connectivity index (χ3n) is 20.1. The average Bonchev–Trinajstić information content (AvgIpc) is 0.899. The average molecular weight is 1730 g/mol. The highest BCUT2D eigenvalue weighted by molar-refractivity contribution is 7.47. The monoisotopic (exact) mass is 1730 g/mol. The van der Waals surface area contributed by atoms with Crippen LogP contribution in [0.1, 0.15) is 393 Å². The Kier molecular flexibility index (Phi) is 89.6. The summed E-state index contributed by atoms with van der Waals surface area (Å²) in [5, 5.41) is 20.8. The maximum atomic E-state index is 13.1. The summed E-state index contributed by atoms with van der Waals surface area (Å²) in [6, 6.07) is 0. The molecule has 0 aromatic carbocycles. The van der Waals surface area contributed by atoms with E-state index in [2.05, 4.69) is 203 Å². The molecule has 121 heavy (non-hydrogen) atoms. The van der Waals surface area contributed by atoms with Gasteiger partial charge in [0.15, 0.2) is 6.10 Å². The smallest absolute Gasteiger partial charge is 0.463 e. The molecule has 0 bridgehead atoms. The fraction of sp³-hybridized carbons (Fsp3) is 0.680. The lowest BCUT2D eigenvalue weighted by atomic mass is 10.0. The summed E-state index contributed by atoms with van der Waals surface area (Å²) in [6.45, 7) is 2.45. The van der Waals surface area contributed by atoms with Crippen LogP contribution in [0.25, 0.3) is 0 Å². The largest absolute Gasteiger partial charge is 0.472 e. The van der Waals surface area contributed by atoms with E-state index in [0.717, 1.165) is 180 Å². The second-order valence-electron chi connectivity index (χ2n) is 31.8. The molecular weight excluding hydrogens is 1560 g/mol. The summed E-state index contributed by atoms with van der Waals surface area (Å²) in [7, 11) is -9.82. The van der Waals surface area contributed by atoms with Gasteiger partial charge in [0, 0.05) is 19.3 Å². The van der Waals surface area contributed by atoms with Gasteiger partial charge in [0.05, 0.1) is 26.4 Å². The van der Waals surface area contributed by atoms with Crippen molar-refractivity contribution in [3.63, 3.8) is 0 Å². The number of hydrogen-bond acceptors (Lipinski definition) is 14. The number of carbonyl (C=O) groups is 3. The molecule has 0 spiro atoms. The zero-order valence-electron chi connectivity index (χ0n) is 76.4. The second kappa shape index (κ2) is 93.8. The Hall–Kier alpha value is -5.35. The van der Waals surface area contributed by atoms with Crippen molar-refractivity contribution in [2.24, 2.45) is 0 Å². The van der Waals surface area contributed by atoms with E-state index < -0.39 is 91.5 Å². The lowest BCUT2D eigenvalue weighted by molar-refractivity contribution is -0.161. The number of aliphatic hydroxyl groups excluding tert-OH is 2. The Morgan fingerprint density at radius 1 is 0.240 bits per heavy atom. The highest BCUT2D eigenvalue weighted by Crippen LogP contribution is 2.45. The van der Waals surface area contributed by atoms with Crippen LogP contribution in [-0.4, -0.2) is 95.9 Å². The maximum Gasteiger partial charge on any atom is 0.472 e. The van der Waals surface area contributed by atoms with Crippen molar-refractivity contribution in [2.45, 2.75) is 411 Å². The van der Waals surface area contributed by atoms with Crippen LogP contribution < -0.4 is 0 Å². The van der Waals surface area contributed by atoms with Crippen molar-refractivity contribution in [2.75, 3.05) is 39.6 Å². The second-order valence-corrected chi connectivity index (χ2v) is 34.7. The number of ether oxygens (including phenoxy) is 3. The molecule has 18 heteroatoms. The normalized spacial score (nSPS) is 14.5. The molecule has 0 saturated heterocycles. The minimum atomic E-state index is -4.95. The minimum Gasteiger partial charge on any atom is -0.463 e. The number of aliphatic hydroxyl groups is 2. The molecule has 0 aliphatic rings. The number of phosphoric acid groups is 2. The maximum absolute atomic E-state index is 13.1. The van der Waals surface area contributed by atoms with Crippen LogP contribution in [0.4, 0.5) is 0 Å². The molecule has 5 atom stereocenters. The fourth-order valence-electron chi connectivity index (χ4n) is 12.9. The lowest BCUT2D eigenvalue weighted by Gasteiger charge is -2.21. The van der Waals surface area contributed by atoms with E-state index in [4.69, 9.17) is 32.3 Å². The van der Waals surface area contributed by atoms with E-state index in [1.54, 1.807) is 0 Å². The van der Waals surface area contributed by atoms with Gasteiger partial charge in [-0.3, -0.25) is 32.5 Å². The first kappa shape index (κ1) is 116. The van der Waals surface area contributed by atoms with Gasteiger partial charge in [-0.25, -0.2) is 9.13 Å². The lowest BCUT2D eigenvalue weighted by Crippen LogP contribution is -2.30. The number of allylic oxidation sites excluding steroid dienone is 30. The predicted molar refractivity (Wildman–Crippen MR) is 509 cm³/mol. The summed E-state index contributed by atoms with van der Waals surface area (Å²) < 4.78 is 61.5. The molecule has 0 fully saturated rings. The van der Waals surface area contributed by atoms with E-state index in [1.807, 2.05) is 0 Å². The summed E-state index contributed by atoms with van der Waals surface area (Å²) in [6.07, 6.45) is 124. The van der Waals surface area contributed by atoms with Gasteiger partial charge in [0.1, 0.15) is 25.4 Å². The standard InChI is InChI=1S/C103H174O16P2/c1-4-7-10-13-16-19-22-25-28-31-34-37-40-43-44-45-46-47-48-49-50-51-52-55-57-59-62-65-68-71-74-77-80-83-86-89-101(106)113-92-98(104)93-115-120(109,110)116-94-99(105)95-117-121(111,112)118-97-100(119-103(108)91-88-85-82-79-76-73-70-67-64-61-58-54-42-39-36-33-30-27-24-21-18-15-12-9-6-3)96-114-102(107)90-87-84-81-78-75-72-69-66-63-60-56-53-41-38-35-32-29-26-23-20-17-14-11-8-5-2/h7-8,10-11,16-21,25-30,34-39,43-44,53-54,56,58,63,66,98-100,104-105H,4-6,9,12-15,22-24,31-33,40-42,45-52,55,57,59-62,64-65,67-97H2,1-3H3,(H,109,110)(H,111,112)/b10-7-,11-8-,19-16-,20-17-,21-18-,28-25-,29-26-,30-27-,37-34-,38-35-,39-36-,44-43-,56-53-,58-54-,66-63-. The topological polar surface area (TPSA) is 231 Å². The number of phosphoric ester groups is 2. The van der Waals surface area contributed by atoms with Gasteiger partial charge in [-0.2, -0.15) is 0 Å². The number of unbranched alkanes of at least 4 members (excludes halogenated alkanes) is 37. The summed E-state index contributed by atoms with van der Waals surface area (Å²) in [5.41, 5.74) is 0. The van der Waals surface area contributed by atoms with Crippen LogP contribution in [0.2, 0.25) is 0 Å². The Labute approximate surface area is 738 Å². The highest BCUT2D eigenvalue weighted by atomic mass is 31.2. The molecule has 0 aromatic heterocycles. The summed E-state index contributed by atoms with van der Waals surface area (Å²) >= 11 is 0. The van der Waals surface area contributed by atoms with Crippen LogP contribution in [0.15, 0.2) is 182 Å². The first-order chi connectivity index (χ1) is 59.2. The van der Waals surface area contributed by atoms with Crippen LogP contribution in [0.3, 0.4) is 0 Å². The first-order valence-corrected chi connectivity index (χ1v) is 51.1. The van der Waals surface area contributed by atoms with Gasteiger partial charge in [0.2, 0.25) is 0 Å². The zero-order chi connectivity index (χ0) is 87.9. The molecule has 0 aromatic rings. The quantitative estimate of drug-likeness (QED) is 0.0146. The number of esters is 3. The van der Waals surface area contributed by atoms with Gasteiger partial charge in [-0.15, -0.1) is 0 Å². The van der Waals surface area contributed by atoms with Crippen molar-refractivity contribution in [3.05, 3.63) is 182 Å². The van der Waals surface area contributed by atoms with Crippen LogP contribution in [0.5, 0.6) is 0 Å². The van der Waals surface area contributed by atoms with Crippen molar-refractivity contribution >= 4 is 33.6 Å². The fourth-order valence-corrected chi connectivity index (χ4v) is 14.5. The Morgan fingerprint density at radius 3 is 0.694 bits per heavy atom. The zero-order valence-corrected chi connectivity index (χ0v) is 78.2. The summed E-state index contributed by atoms with van der Waals surface area (Å²) in [5.74, 6) is -1.59. The van der Waals surface area contributed by atoms with E-state index in [0.29, 0.717) is 19.3 Å². The molecule has 16 nitrogen and oxygen atoms in total. The van der Waals surface area contributed by atoms with Crippen LogP contribution in [-0.2, 0) is 55.8 Å². The minimum absolute atomic E-state index is 0.0885. The Morgan fingerprint density at radius 2 is 0.438 bits per heavy atom. The van der Waals surface area contributed by atoms with Gasteiger partial charge >= 0.3 is 33.6 Å². The molecule has 0 amide bonds. The molecular formula is C103H174O16P2. The summed E-state index contributed by atoms with van der Waals surface area (Å²) in [4.78, 5) is 59.1. The molecule has 5 unspecified atom stereocenters. The molecule has 4 N–H and O–H groups in total. The molecule has 0 radical (unpaired) electrons. The van der Waals surface area contributed by atoms with Gasteiger partial charge < -0.3 is 34.2 Å². The number of rotatable bonds is 90. The molecule has 0 heterocycles. The van der Waals surface area contributed by atoms with Crippen molar-refractivity contribution < 1.29 is 75.8 Å².